The maximum atomic E-state index is 13.0. The zero-order valence-electron chi connectivity index (χ0n) is 15.2. The second kappa shape index (κ2) is 7.98. The number of pyridine rings is 1. The number of aromatic nitrogens is 4. The highest BCUT2D eigenvalue weighted by Gasteiger charge is 2.28. The lowest BCUT2D eigenvalue weighted by atomic mass is 10.2. The van der Waals surface area contributed by atoms with Crippen molar-refractivity contribution in [2.75, 3.05) is 19.6 Å². The highest BCUT2D eigenvalue weighted by molar-refractivity contribution is 7.13. The maximum absolute atomic E-state index is 13.0. The molecule has 1 N–H and O–H groups in total. The maximum Gasteiger partial charge on any atom is 0.273 e. The number of carbonyl (C=O) groups excluding carboxylic acids is 1. The smallest absolute Gasteiger partial charge is 0.273 e. The molecule has 3 aromatic rings. The number of thiazole rings is 1. The lowest BCUT2D eigenvalue weighted by molar-refractivity contribution is 0.0687. The van der Waals surface area contributed by atoms with Crippen LogP contribution in [0.5, 0.6) is 0 Å². The van der Waals surface area contributed by atoms with E-state index in [2.05, 4.69) is 27.3 Å². The van der Waals surface area contributed by atoms with Gasteiger partial charge in [0, 0.05) is 48.7 Å². The predicted octanol–water partition coefficient (Wildman–Crippen LogP) is 2.60. The molecule has 0 aliphatic carbocycles. The molecular formula is C19H22N6OS. The van der Waals surface area contributed by atoms with E-state index in [9.17, 15) is 4.79 Å². The summed E-state index contributed by atoms with van der Waals surface area (Å²) in [6.45, 7) is 4.69. The molecule has 0 spiro atoms. The molecule has 1 fully saturated rings. The number of hydrogen-bond acceptors (Lipinski definition) is 6. The summed E-state index contributed by atoms with van der Waals surface area (Å²) in [6, 6.07) is 4.05. The lowest BCUT2D eigenvalue weighted by Crippen LogP contribution is -2.42. The average Bonchev–Trinajstić information content (AvgIpc) is 3.47. The summed E-state index contributed by atoms with van der Waals surface area (Å²) in [7, 11) is 0. The van der Waals surface area contributed by atoms with Gasteiger partial charge in [0.15, 0.2) is 0 Å². The van der Waals surface area contributed by atoms with Gasteiger partial charge in [0.2, 0.25) is 0 Å². The van der Waals surface area contributed by atoms with Gasteiger partial charge in [-0.3, -0.25) is 9.78 Å². The van der Waals surface area contributed by atoms with Crippen LogP contribution in [0.15, 0.2) is 42.3 Å². The largest absolute Gasteiger partial charge is 0.333 e. The van der Waals surface area contributed by atoms with Crippen LogP contribution in [0.1, 0.15) is 30.3 Å². The first-order chi connectivity index (χ1) is 13.3. The summed E-state index contributed by atoms with van der Waals surface area (Å²) in [5.74, 6) is 0.0228. The topological polar surface area (TPSA) is 75.9 Å². The van der Waals surface area contributed by atoms with Gasteiger partial charge in [-0.15, -0.1) is 11.3 Å². The molecule has 0 unspecified atom stereocenters. The molecule has 1 aliphatic heterocycles. The van der Waals surface area contributed by atoms with Crippen LogP contribution in [0.3, 0.4) is 0 Å². The van der Waals surface area contributed by atoms with Crippen molar-refractivity contribution in [1.29, 1.82) is 0 Å². The lowest BCUT2D eigenvalue weighted by Gasteiger charge is -2.27. The van der Waals surface area contributed by atoms with Gasteiger partial charge in [-0.1, -0.05) is 6.92 Å². The van der Waals surface area contributed by atoms with Crippen molar-refractivity contribution in [3.8, 4) is 16.3 Å². The summed E-state index contributed by atoms with van der Waals surface area (Å²) in [4.78, 5) is 23.6. The third-order valence-electron chi connectivity index (χ3n) is 4.68. The van der Waals surface area contributed by atoms with Crippen LogP contribution in [-0.4, -0.2) is 56.2 Å². The molecule has 0 radical (unpaired) electrons. The van der Waals surface area contributed by atoms with E-state index in [1.807, 2.05) is 28.6 Å². The number of rotatable bonds is 6. The quantitative estimate of drug-likeness (QED) is 0.709. The number of hydrogen-bond donors (Lipinski definition) is 1. The summed E-state index contributed by atoms with van der Waals surface area (Å²) >= 11 is 1.48. The number of amides is 1. The predicted molar refractivity (Wildman–Crippen MR) is 105 cm³/mol. The summed E-state index contributed by atoms with van der Waals surface area (Å²) in [6.07, 6.45) is 9.11. The van der Waals surface area contributed by atoms with Crippen LogP contribution in [0, 0.1) is 0 Å². The Bertz CT molecular complexity index is 900. The highest BCUT2D eigenvalue weighted by Crippen LogP contribution is 2.25. The summed E-state index contributed by atoms with van der Waals surface area (Å²) in [5, 5.41) is 10.4. The molecule has 1 saturated heterocycles. The second-order valence-corrected chi connectivity index (χ2v) is 7.42. The van der Waals surface area contributed by atoms with E-state index in [-0.39, 0.29) is 11.9 Å². The van der Waals surface area contributed by atoms with Gasteiger partial charge in [-0.2, -0.15) is 5.10 Å². The minimum Gasteiger partial charge on any atom is -0.333 e. The number of nitrogens with one attached hydrogen (secondary N) is 1. The summed E-state index contributed by atoms with van der Waals surface area (Å²) in [5.41, 5.74) is 2.36. The van der Waals surface area contributed by atoms with E-state index in [0.717, 1.165) is 48.7 Å². The van der Waals surface area contributed by atoms with Gasteiger partial charge >= 0.3 is 0 Å². The van der Waals surface area contributed by atoms with Crippen molar-refractivity contribution in [3.05, 3.63) is 48.0 Å². The van der Waals surface area contributed by atoms with Gasteiger partial charge in [-0.05, 0) is 31.5 Å². The fraction of sp³-hybridized carbons (Fsp3) is 0.368. The van der Waals surface area contributed by atoms with E-state index in [1.54, 1.807) is 23.3 Å². The minimum atomic E-state index is 0.0228. The van der Waals surface area contributed by atoms with Crippen molar-refractivity contribution in [2.45, 2.75) is 25.8 Å². The second-order valence-electron chi connectivity index (χ2n) is 6.56. The molecule has 27 heavy (non-hydrogen) atoms. The van der Waals surface area contributed by atoms with Gasteiger partial charge in [0.05, 0.1) is 11.9 Å². The highest BCUT2D eigenvalue weighted by atomic mass is 32.1. The van der Waals surface area contributed by atoms with Crippen LogP contribution in [0.4, 0.5) is 0 Å². The van der Waals surface area contributed by atoms with Crippen molar-refractivity contribution < 1.29 is 4.79 Å². The Morgan fingerprint density at radius 2 is 2.26 bits per heavy atom. The SMILES string of the molecule is CCCN(C(=O)c1csc(-c2cnn(-c3ccncc3)c2)n1)[C@H]1CCNC1. The normalized spacial score (nSPS) is 16.6. The fourth-order valence-electron chi connectivity index (χ4n) is 3.32. The average molecular weight is 382 g/mol. The first kappa shape index (κ1) is 17.8. The first-order valence-electron chi connectivity index (χ1n) is 9.19. The molecule has 0 bridgehead atoms. The van der Waals surface area contributed by atoms with Crippen LogP contribution >= 0.6 is 11.3 Å². The Labute approximate surface area is 162 Å². The molecule has 1 aliphatic rings. The number of carbonyl (C=O) groups is 1. The van der Waals surface area contributed by atoms with Gasteiger partial charge in [-0.25, -0.2) is 9.67 Å². The van der Waals surface area contributed by atoms with Gasteiger partial charge < -0.3 is 10.2 Å². The number of nitrogens with zero attached hydrogens (tertiary/aromatic N) is 5. The van der Waals surface area contributed by atoms with Crippen molar-refractivity contribution >= 4 is 17.2 Å². The van der Waals surface area contributed by atoms with Crippen LogP contribution in [0.2, 0.25) is 0 Å². The first-order valence-corrected chi connectivity index (χ1v) is 10.1. The third-order valence-corrected chi connectivity index (χ3v) is 5.57. The molecule has 0 saturated carbocycles. The van der Waals surface area contributed by atoms with Crippen LogP contribution < -0.4 is 5.32 Å². The van der Waals surface area contributed by atoms with Gasteiger partial charge in [0.1, 0.15) is 10.7 Å². The molecule has 3 aromatic heterocycles. The Morgan fingerprint density at radius 3 is 3.00 bits per heavy atom. The van der Waals surface area contributed by atoms with E-state index in [1.165, 1.54) is 11.3 Å². The molecule has 0 aromatic carbocycles. The molecule has 8 heteroatoms. The molecule has 4 rings (SSSR count). The Kier molecular flexibility index (Phi) is 5.26. The fourth-order valence-corrected chi connectivity index (χ4v) is 4.09. The molecule has 140 valence electrons. The molecule has 7 nitrogen and oxygen atoms in total. The zero-order valence-corrected chi connectivity index (χ0v) is 16.0. The molecular weight excluding hydrogens is 360 g/mol. The summed E-state index contributed by atoms with van der Waals surface area (Å²) < 4.78 is 1.79. The molecule has 1 amide bonds. The zero-order chi connectivity index (χ0) is 18.6. The Balaban J connectivity index is 1.54. The van der Waals surface area contributed by atoms with Crippen molar-refractivity contribution in [3.63, 3.8) is 0 Å². The van der Waals surface area contributed by atoms with Crippen LogP contribution in [-0.2, 0) is 0 Å². The van der Waals surface area contributed by atoms with E-state index < -0.39 is 0 Å². The third kappa shape index (κ3) is 3.77. The van der Waals surface area contributed by atoms with E-state index in [4.69, 9.17) is 0 Å². The monoisotopic (exact) mass is 382 g/mol. The van der Waals surface area contributed by atoms with Crippen LogP contribution in [0.25, 0.3) is 16.3 Å². The van der Waals surface area contributed by atoms with Crippen molar-refractivity contribution in [2.24, 2.45) is 0 Å². The molecule has 4 heterocycles. The minimum absolute atomic E-state index is 0.0228. The Hall–Kier alpha value is -2.58. The van der Waals surface area contributed by atoms with Gasteiger partial charge in [0.25, 0.3) is 5.91 Å². The molecule has 1 atom stereocenters. The van der Waals surface area contributed by atoms with E-state index >= 15 is 0 Å². The Morgan fingerprint density at radius 1 is 1.41 bits per heavy atom. The van der Waals surface area contributed by atoms with E-state index in [0.29, 0.717) is 5.69 Å². The van der Waals surface area contributed by atoms with Crippen molar-refractivity contribution in [1.82, 2.24) is 30.0 Å². The standard InChI is InChI=1S/C19H22N6OS/c1-2-9-24(16-5-8-21-11-16)19(26)17-13-27-18(23-17)14-10-22-25(12-14)15-3-6-20-7-4-15/h3-4,6-7,10,12-13,16,21H,2,5,8-9,11H2,1H3/t16-/m0/s1.